The van der Waals surface area contributed by atoms with Crippen LogP contribution < -0.4 is 5.46 Å². The maximum absolute atomic E-state index is 6.07. The summed E-state index contributed by atoms with van der Waals surface area (Å²) in [7, 11) is -0.282. The molecule has 0 N–H and O–H groups in total. The number of benzene rings is 1. The normalized spacial score (nSPS) is 20.4. The largest absolute Gasteiger partial charge is 0.494 e. The highest BCUT2D eigenvalue weighted by Crippen LogP contribution is 2.36. The zero-order valence-corrected chi connectivity index (χ0v) is 12.8. The van der Waals surface area contributed by atoms with Crippen LogP contribution in [0, 0.1) is 0 Å². The van der Waals surface area contributed by atoms with Gasteiger partial charge in [0.15, 0.2) is 0 Å². The van der Waals surface area contributed by atoms with Crippen LogP contribution in [0.3, 0.4) is 0 Å². The van der Waals surface area contributed by atoms with E-state index in [1.165, 1.54) is 11.1 Å². The maximum Gasteiger partial charge on any atom is 0.494 e. The third-order valence-electron chi connectivity index (χ3n) is 3.89. The molecule has 1 fully saturated rings. The van der Waals surface area contributed by atoms with E-state index in [2.05, 4.69) is 71.9 Å². The summed E-state index contributed by atoms with van der Waals surface area (Å²) in [4.78, 5) is 0. The van der Waals surface area contributed by atoms with Crippen molar-refractivity contribution in [1.29, 1.82) is 0 Å². The Hall–Kier alpha value is -1.06. The topological polar surface area (TPSA) is 18.5 Å². The van der Waals surface area contributed by atoms with Gasteiger partial charge in [0, 0.05) is 0 Å². The zero-order chi connectivity index (χ0) is 14.3. The standard InChI is InChI=1S/C16H23BO2/c1-12(2)10-13-8-7-9-14(11-13)17-18-15(3,4)16(5,6)19-17/h7-11H,1-6H3. The lowest BCUT2D eigenvalue weighted by atomic mass is 9.78. The van der Waals surface area contributed by atoms with Crippen LogP contribution in [0.15, 0.2) is 29.8 Å². The summed E-state index contributed by atoms with van der Waals surface area (Å²) in [5, 5.41) is 0. The zero-order valence-electron chi connectivity index (χ0n) is 12.8. The summed E-state index contributed by atoms with van der Waals surface area (Å²) >= 11 is 0. The van der Waals surface area contributed by atoms with Gasteiger partial charge in [-0.05, 0) is 52.6 Å². The first kappa shape index (κ1) is 14.4. The van der Waals surface area contributed by atoms with Crippen molar-refractivity contribution < 1.29 is 9.31 Å². The van der Waals surface area contributed by atoms with Crippen molar-refractivity contribution in [3.05, 3.63) is 35.4 Å². The summed E-state index contributed by atoms with van der Waals surface area (Å²) < 4.78 is 12.1. The summed E-state index contributed by atoms with van der Waals surface area (Å²) in [6, 6.07) is 8.34. The Morgan fingerprint density at radius 3 is 2.16 bits per heavy atom. The number of hydrogen-bond donors (Lipinski definition) is 0. The molecule has 19 heavy (non-hydrogen) atoms. The van der Waals surface area contributed by atoms with E-state index < -0.39 is 0 Å². The predicted octanol–water partition coefficient (Wildman–Crippen LogP) is 3.41. The van der Waals surface area contributed by atoms with E-state index >= 15 is 0 Å². The molecule has 0 aliphatic carbocycles. The molecule has 1 heterocycles. The van der Waals surface area contributed by atoms with Crippen molar-refractivity contribution in [1.82, 2.24) is 0 Å². The first-order valence-electron chi connectivity index (χ1n) is 6.82. The Morgan fingerprint density at radius 2 is 1.63 bits per heavy atom. The van der Waals surface area contributed by atoms with Crippen molar-refractivity contribution in [2.24, 2.45) is 0 Å². The molecule has 0 amide bonds. The molecule has 1 aromatic carbocycles. The Bertz CT molecular complexity index is 483. The van der Waals surface area contributed by atoms with Gasteiger partial charge in [-0.1, -0.05) is 35.9 Å². The summed E-state index contributed by atoms with van der Waals surface area (Å²) in [6.45, 7) is 12.5. The lowest BCUT2D eigenvalue weighted by Gasteiger charge is -2.32. The van der Waals surface area contributed by atoms with Crippen molar-refractivity contribution in [2.75, 3.05) is 0 Å². The van der Waals surface area contributed by atoms with E-state index in [0.29, 0.717) is 0 Å². The predicted molar refractivity (Wildman–Crippen MR) is 81.5 cm³/mol. The fourth-order valence-electron chi connectivity index (χ4n) is 2.11. The lowest BCUT2D eigenvalue weighted by molar-refractivity contribution is 0.00578. The molecule has 0 bridgehead atoms. The molecule has 0 atom stereocenters. The van der Waals surface area contributed by atoms with E-state index in [1.807, 2.05) is 0 Å². The highest BCUT2D eigenvalue weighted by Gasteiger charge is 2.51. The average molecular weight is 258 g/mol. The molecule has 0 radical (unpaired) electrons. The molecule has 1 aromatic rings. The lowest BCUT2D eigenvalue weighted by Crippen LogP contribution is -2.41. The van der Waals surface area contributed by atoms with E-state index in [-0.39, 0.29) is 18.3 Å². The fourth-order valence-corrected chi connectivity index (χ4v) is 2.11. The second-order valence-electron chi connectivity index (χ2n) is 6.48. The quantitative estimate of drug-likeness (QED) is 0.757. The molecule has 0 unspecified atom stereocenters. The van der Waals surface area contributed by atoms with Crippen molar-refractivity contribution >= 4 is 18.7 Å². The molecule has 0 aromatic heterocycles. The molecular weight excluding hydrogens is 235 g/mol. The van der Waals surface area contributed by atoms with Crippen molar-refractivity contribution in [3.63, 3.8) is 0 Å². The molecule has 1 saturated heterocycles. The van der Waals surface area contributed by atoms with Gasteiger partial charge in [0.25, 0.3) is 0 Å². The summed E-state index contributed by atoms with van der Waals surface area (Å²) in [5.74, 6) is 0. The molecule has 3 heteroatoms. The third-order valence-corrected chi connectivity index (χ3v) is 3.89. The van der Waals surface area contributed by atoms with Crippen LogP contribution in [0.2, 0.25) is 0 Å². The second-order valence-corrected chi connectivity index (χ2v) is 6.48. The highest BCUT2D eigenvalue weighted by molar-refractivity contribution is 6.62. The Morgan fingerprint density at radius 1 is 1.05 bits per heavy atom. The molecule has 1 aliphatic rings. The summed E-state index contributed by atoms with van der Waals surface area (Å²) in [5.41, 5.74) is 2.97. The van der Waals surface area contributed by atoms with Crippen LogP contribution >= 0.6 is 0 Å². The Labute approximate surface area is 117 Å². The van der Waals surface area contributed by atoms with Gasteiger partial charge < -0.3 is 9.31 Å². The first-order valence-corrected chi connectivity index (χ1v) is 6.82. The smallest absolute Gasteiger partial charge is 0.399 e. The van der Waals surface area contributed by atoms with Crippen LogP contribution in [0.25, 0.3) is 6.08 Å². The van der Waals surface area contributed by atoms with Gasteiger partial charge in [0.05, 0.1) is 11.2 Å². The van der Waals surface area contributed by atoms with Crippen LogP contribution in [0.5, 0.6) is 0 Å². The highest BCUT2D eigenvalue weighted by atomic mass is 16.7. The molecule has 2 rings (SSSR count). The van der Waals surface area contributed by atoms with E-state index in [0.717, 1.165) is 5.46 Å². The van der Waals surface area contributed by atoms with E-state index in [9.17, 15) is 0 Å². The van der Waals surface area contributed by atoms with Gasteiger partial charge in [-0.3, -0.25) is 0 Å². The van der Waals surface area contributed by atoms with Crippen molar-refractivity contribution in [3.8, 4) is 0 Å². The van der Waals surface area contributed by atoms with Crippen LogP contribution in [0.1, 0.15) is 47.1 Å². The van der Waals surface area contributed by atoms with Crippen LogP contribution in [-0.4, -0.2) is 18.3 Å². The molecule has 1 aliphatic heterocycles. The third kappa shape index (κ3) is 2.93. The Kier molecular flexibility index (Phi) is 3.63. The first-order chi connectivity index (χ1) is 8.71. The maximum atomic E-state index is 6.07. The fraction of sp³-hybridized carbons (Fsp3) is 0.500. The van der Waals surface area contributed by atoms with Gasteiger partial charge in [-0.25, -0.2) is 0 Å². The molecule has 0 saturated carbocycles. The van der Waals surface area contributed by atoms with Crippen LogP contribution in [-0.2, 0) is 9.31 Å². The van der Waals surface area contributed by atoms with E-state index in [4.69, 9.17) is 9.31 Å². The number of allylic oxidation sites excluding steroid dienone is 1. The van der Waals surface area contributed by atoms with Crippen molar-refractivity contribution in [2.45, 2.75) is 52.7 Å². The van der Waals surface area contributed by atoms with E-state index in [1.54, 1.807) is 0 Å². The van der Waals surface area contributed by atoms with Crippen LogP contribution in [0.4, 0.5) is 0 Å². The number of hydrogen-bond acceptors (Lipinski definition) is 2. The minimum atomic E-state index is -0.288. The van der Waals surface area contributed by atoms with Gasteiger partial charge in [-0.2, -0.15) is 0 Å². The van der Waals surface area contributed by atoms with Gasteiger partial charge >= 0.3 is 7.12 Å². The minimum absolute atomic E-state index is 0.282. The minimum Gasteiger partial charge on any atom is -0.399 e. The Balaban J connectivity index is 2.27. The molecular formula is C16H23BO2. The van der Waals surface area contributed by atoms with Gasteiger partial charge in [0.1, 0.15) is 0 Å². The summed E-state index contributed by atoms with van der Waals surface area (Å²) in [6.07, 6.45) is 2.16. The monoisotopic (exact) mass is 258 g/mol. The SMILES string of the molecule is CC(C)=Cc1cccc(B2OC(C)(C)C(C)(C)O2)c1. The molecule has 102 valence electrons. The van der Waals surface area contributed by atoms with Gasteiger partial charge in [-0.15, -0.1) is 0 Å². The molecule has 2 nitrogen and oxygen atoms in total. The van der Waals surface area contributed by atoms with Gasteiger partial charge in [0.2, 0.25) is 0 Å². The average Bonchev–Trinajstić information content (AvgIpc) is 2.47. The molecule has 0 spiro atoms. The second kappa shape index (κ2) is 4.80. The number of rotatable bonds is 2.